The summed E-state index contributed by atoms with van der Waals surface area (Å²) in [6, 6.07) is 11.8. The second-order valence-electron chi connectivity index (χ2n) is 6.48. The number of halogens is 1. The van der Waals surface area contributed by atoms with Gasteiger partial charge in [0.15, 0.2) is 5.15 Å². The molecule has 0 spiro atoms. The Hall–Kier alpha value is -2.02. The normalized spacial score (nSPS) is 18.1. The molecular weight excluding hydrogens is 368 g/mol. The van der Waals surface area contributed by atoms with Crippen molar-refractivity contribution in [2.75, 3.05) is 25.0 Å². The van der Waals surface area contributed by atoms with E-state index < -0.39 is 0 Å². The molecule has 1 aromatic carbocycles. The Kier molecular flexibility index (Phi) is 5.15. The summed E-state index contributed by atoms with van der Waals surface area (Å²) in [6.07, 6.45) is 3.79. The second-order valence-corrected chi connectivity index (χ2v) is 7.90. The van der Waals surface area contributed by atoms with Gasteiger partial charge in [-0.05, 0) is 43.7 Å². The lowest BCUT2D eigenvalue weighted by Crippen LogP contribution is -2.39. The van der Waals surface area contributed by atoms with Crippen molar-refractivity contribution in [3.63, 3.8) is 0 Å². The highest BCUT2D eigenvalue weighted by molar-refractivity contribution is 7.18. The maximum Gasteiger partial charge on any atom is 0.238 e. The van der Waals surface area contributed by atoms with Gasteiger partial charge in [-0.1, -0.05) is 23.7 Å². The van der Waals surface area contributed by atoms with E-state index >= 15 is 0 Å². The van der Waals surface area contributed by atoms with Crippen LogP contribution in [0.3, 0.4) is 0 Å². The van der Waals surface area contributed by atoms with Crippen LogP contribution in [0.2, 0.25) is 5.15 Å². The van der Waals surface area contributed by atoms with E-state index in [9.17, 15) is 4.79 Å². The standard InChI is InChI=1S/C19H19ClN4OS/c20-18-15(7-3-9-21-18)22-17(25)12-24-10-4-5-13(11-24)19-23-14-6-1-2-8-16(14)26-19/h1-3,6-9,13H,4-5,10-12H2,(H,22,25)/t13-/m0/s1. The number of piperidine rings is 1. The summed E-state index contributed by atoms with van der Waals surface area (Å²) in [7, 11) is 0. The number of nitrogens with zero attached hydrogens (tertiary/aromatic N) is 3. The first kappa shape index (κ1) is 17.4. The van der Waals surface area contributed by atoms with E-state index in [0.29, 0.717) is 23.3 Å². The summed E-state index contributed by atoms with van der Waals surface area (Å²) in [5.74, 6) is 0.320. The quantitative estimate of drug-likeness (QED) is 0.684. The van der Waals surface area contributed by atoms with Crippen molar-refractivity contribution < 1.29 is 4.79 Å². The van der Waals surface area contributed by atoms with E-state index in [1.807, 2.05) is 12.1 Å². The maximum absolute atomic E-state index is 12.4. The SMILES string of the molecule is O=C(CN1CCC[C@H](c2nc3ccccc3s2)C1)Nc1cccnc1Cl. The molecule has 26 heavy (non-hydrogen) atoms. The molecule has 0 saturated carbocycles. The molecule has 0 bridgehead atoms. The van der Waals surface area contributed by atoms with Crippen molar-refractivity contribution in [1.29, 1.82) is 0 Å². The number of aromatic nitrogens is 2. The fourth-order valence-electron chi connectivity index (χ4n) is 3.34. The Labute approximate surface area is 161 Å². The van der Waals surface area contributed by atoms with E-state index in [0.717, 1.165) is 31.4 Å². The number of anilines is 1. The van der Waals surface area contributed by atoms with Crippen LogP contribution < -0.4 is 5.32 Å². The number of fused-ring (bicyclic) bond motifs is 1. The highest BCUT2D eigenvalue weighted by Gasteiger charge is 2.25. The largest absolute Gasteiger partial charge is 0.322 e. The molecule has 0 radical (unpaired) electrons. The topological polar surface area (TPSA) is 58.1 Å². The second kappa shape index (κ2) is 7.70. The molecule has 7 heteroatoms. The van der Waals surface area contributed by atoms with Crippen LogP contribution in [0.1, 0.15) is 23.8 Å². The fourth-order valence-corrected chi connectivity index (χ4v) is 4.60. The average molecular weight is 387 g/mol. The lowest BCUT2D eigenvalue weighted by molar-refractivity contribution is -0.117. The Morgan fingerprint density at radius 3 is 3.04 bits per heavy atom. The predicted octanol–water partition coefficient (Wildman–Crippen LogP) is 4.16. The Balaban J connectivity index is 1.40. The molecule has 1 aliphatic rings. The van der Waals surface area contributed by atoms with Crippen molar-refractivity contribution in [3.05, 3.63) is 52.8 Å². The first-order chi connectivity index (χ1) is 12.7. The van der Waals surface area contributed by atoms with Crippen LogP contribution in [0.15, 0.2) is 42.6 Å². The van der Waals surface area contributed by atoms with Crippen LogP contribution in [-0.4, -0.2) is 40.4 Å². The van der Waals surface area contributed by atoms with E-state index in [1.54, 1.807) is 29.7 Å². The highest BCUT2D eigenvalue weighted by Crippen LogP contribution is 2.32. The highest BCUT2D eigenvalue weighted by atomic mass is 35.5. The lowest BCUT2D eigenvalue weighted by atomic mass is 9.99. The van der Waals surface area contributed by atoms with Crippen molar-refractivity contribution in [1.82, 2.24) is 14.9 Å². The molecule has 1 N–H and O–H groups in total. The summed E-state index contributed by atoms with van der Waals surface area (Å²) in [5.41, 5.74) is 1.62. The van der Waals surface area contributed by atoms with Gasteiger partial charge in [0.2, 0.25) is 5.91 Å². The van der Waals surface area contributed by atoms with Crippen molar-refractivity contribution in [2.24, 2.45) is 0 Å². The zero-order valence-corrected chi connectivity index (χ0v) is 15.8. The number of benzene rings is 1. The molecule has 1 amide bonds. The summed E-state index contributed by atoms with van der Waals surface area (Å²) in [4.78, 5) is 23.3. The van der Waals surface area contributed by atoms with Crippen molar-refractivity contribution in [2.45, 2.75) is 18.8 Å². The summed E-state index contributed by atoms with van der Waals surface area (Å²) in [5, 5.41) is 4.33. The molecule has 1 aliphatic heterocycles. The lowest BCUT2D eigenvalue weighted by Gasteiger charge is -2.31. The van der Waals surface area contributed by atoms with Crippen LogP contribution >= 0.6 is 22.9 Å². The Morgan fingerprint density at radius 1 is 1.31 bits per heavy atom. The van der Waals surface area contributed by atoms with Crippen molar-refractivity contribution >= 4 is 44.7 Å². The number of rotatable bonds is 4. The molecular formula is C19H19ClN4OS. The molecule has 1 fully saturated rings. The number of likely N-dealkylation sites (tertiary alicyclic amines) is 1. The van der Waals surface area contributed by atoms with E-state index in [2.05, 4.69) is 27.3 Å². The summed E-state index contributed by atoms with van der Waals surface area (Å²) < 4.78 is 1.23. The zero-order valence-electron chi connectivity index (χ0n) is 14.2. The summed E-state index contributed by atoms with van der Waals surface area (Å²) in [6.45, 7) is 2.14. The van der Waals surface area contributed by atoms with Gasteiger partial charge < -0.3 is 5.32 Å². The molecule has 0 unspecified atom stereocenters. The first-order valence-electron chi connectivity index (χ1n) is 8.67. The monoisotopic (exact) mass is 386 g/mol. The molecule has 134 valence electrons. The number of carbonyl (C=O) groups is 1. The summed E-state index contributed by atoms with van der Waals surface area (Å²) >= 11 is 7.77. The number of nitrogens with one attached hydrogen (secondary N) is 1. The molecule has 3 heterocycles. The van der Waals surface area contributed by atoms with Gasteiger partial charge in [0, 0.05) is 18.7 Å². The first-order valence-corrected chi connectivity index (χ1v) is 9.86. The molecule has 5 nitrogen and oxygen atoms in total. The number of hydrogen-bond acceptors (Lipinski definition) is 5. The van der Waals surface area contributed by atoms with Gasteiger partial charge >= 0.3 is 0 Å². The molecule has 1 saturated heterocycles. The smallest absolute Gasteiger partial charge is 0.238 e. The molecule has 0 aliphatic carbocycles. The minimum Gasteiger partial charge on any atom is -0.322 e. The zero-order chi connectivity index (χ0) is 17.9. The van der Waals surface area contributed by atoms with E-state index in [4.69, 9.17) is 16.6 Å². The van der Waals surface area contributed by atoms with Crippen LogP contribution in [0, 0.1) is 0 Å². The predicted molar refractivity (Wildman–Crippen MR) is 106 cm³/mol. The minimum absolute atomic E-state index is 0.0650. The number of para-hydroxylation sites is 1. The number of hydrogen-bond donors (Lipinski definition) is 1. The van der Waals surface area contributed by atoms with Gasteiger partial charge in [-0.25, -0.2) is 9.97 Å². The number of pyridine rings is 1. The third-order valence-corrected chi connectivity index (χ3v) is 6.07. The third kappa shape index (κ3) is 3.87. The molecule has 2 aromatic heterocycles. The minimum atomic E-state index is -0.0650. The number of amides is 1. The number of thiazole rings is 1. The average Bonchev–Trinajstić information content (AvgIpc) is 3.08. The van der Waals surface area contributed by atoms with Gasteiger partial charge in [0.25, 0.3) is 0 Å². The Bertz CT molecular complexity index is 896. The molecule has 1 atom stereocenters. The van der Waals surface area contributed by atoms with Crippen LogP contribution in [0.4, 0.5) is 5.69 Å². The molecule has 4 rings (SSSR count). The maximum atomic E-state index is 12.4. The van der Waals surface area contributed by atoms with Crippen molar-refractivity contribution in [3.8, 4) is 0 Å². The third-order valence-electron chi connectivity index (χ3n) is 4.57. The van der Waals surface area contributed by atoms with E-state index in [1.165, 1.54) is 9.71 Å². The van der Waals surface area contributed by atoms with Gasteiger partial charge in [-0.3, -0.25) is 9.69 Å². The van der Waals surface area contributed by atoms with Gasteiger partial charge in [-0.15, -0.1) is 11.3 Å². The Morgan fingerprint density at radius 2 is 2.19 bits per heavy atom. The fraction of sp³-hybridized carbons (Fsp3) is 0.316. The van der Waals surface area contributed by atoms with Gasteiger partial charge in [0.05, 0.1) is 27.5 Å². The molecule has 3 aromatic rings. The van der Waals surface area contributed by atoms with Crippen LogP contribution in [0.25, 0.3) is 10.2 Å². The van der Waals surface area contributed by atoms with E-state index in [-0.39, 0.29) is 5.91 Å². The van der Waals surface area contributed by atoms with Gasteiger partial charge in [-0.2, -0.15) is 0 Å². The number of carbonyl (C=O) groups excluding carboxylic acids is 1. The van der Waals surface area contributed by atoms with Crippen LogP contribution in [-0.2, 0) is 4.79 Å². The van der Waals surface area contributed by atoms with Gasteiger partial charge in [0.1, 0.15) is 0 Å². The van der Waals surface area contributed by atoms with Crippen LogP contribution in [0.5, 0.6) is 0 Å².